The van der Waals surface area contributed by atoms with E-state index >= 15 is 0 Å². The molecule has 0 atom stereocenters. The fourth-order valence-corrected chi connectivity index (χ4v) is 1.72. The first-order chi connectivity index (χ1) is 7.24. The number of halogens is 2. The summed E-state index contributed by atoms with van der Waals surface area (Å²) in [6.45, 7) is 0. The molecular weight excluding hydrogens is 371 g/mol. The largest absolute Gasteiger partial charge is 0.437 e. The lowest BCUT2D eigenvalue weighted by atomic mass is 10.3. The molecule has 0 aliphatic heterocycles. The Labute approximate surface area is 109 Å². The maximum absolute atomic E-state index is 5.51. The second-order valence-electron chi connectivity index (χ2n) is 2.74. The predicted molar refractivity (Wildman–Crippen MR) is 69.0 cm³/mol. The fourth-order valence-electron chi connectivity index (χ4n) is 1.00. The quantitative estimate of drug-likeness (QED) is 0.750. The minimum Gasteiger partial charge on any atom is -0.437 e. The topological polar surface area (TPSA) is 35.0 Å². The number of hydrogen-bond acceptors (Lipinski definition) is 3. The maximum atomic E-state index is 5.51. The minimum absolute atomic E-state index is 0.486. The van der Waals surface area contributed by atoms with Gasteiger partial charge in [-0.1, -0.05) is 6.07 Å². The molecule has 0 aliphatic rings. The first-order valence-electron chi connectivity index (χ1n) is 4.15. The molecule has 15 heavy (non-hydrogen) atoms. The summed E-state index contributed by atoms with van der Waals surface area (Å²) in [6.07, 6.45) is 3.17. The van der Waals surface area contributed by atoms with Crippen LogP contribution in [0, 0.1) is 3.57 Å². The molecule has 76 valence electrons. The summed E-state index contributed by atoms with van der Waals surface area (Å²) < 4.78 is 7.33. The molecular formula is C10H6BrIN2O. The van der Waals surface area contributed by atoms with Gasteiger partial charge in [0.2, 0.25) is 5.88 Å². The Balaban J connectivity index is 2.18. The maximum Gasteiger partial charge on any atom is 0.237 e. The van der Waals surface area contributed by atoms with Crippen LogP contribution >= 0.6 is 38.5 Å². The summed E-state index contributed by atoms with van der Waals surface area (Å²) >= 11 is 5.44. The third kappa shape index (κ3) is 3.13. The van der Waals surface area contributed by atoms with Gasteiger partial charge in [0.05, 0.1) is 12.4 Å². The molecule has 2 rings (SSSR count). The second kappa shape index (κ2) is 4.89. The van der Waals surface area contributed by atoms with Gasteiger partial charge in [0.15, 0.2) is 0 Å². The van der Waals surface area contributed by atoms with Gasteiger partial charge in [0.1, 0.15) is 10.4 Å². The van der Waals surface area contributed by atoms with Gasteiger partial charge in [-0.3, -0.25) is 0 Å². The van der Waals surface area contributed by atoms with Gasteiger partial charge in [-0.05, 0) is 56.7 Å². The van der Waals surface area contributed by atoms with Gasteiger partial charge in [0, 0.05) is 3.57 Å². The molecule has 0 saturated heterocycles. The van der Waals surface area contributed by atoms with Gasteiger partial charge in [-0.25, -0.2) is 9.97 Å². The SMILES string of the molecule is Brc1cnc(Oc2cccc(I)c2)cn1. The van der Waals surface area contributed by atoms with E-state index in [0.717, 1.165) is 9.32 Å². The molecule has 0 radical (unpaired) electrons. The zero-order valence-corrected chi connectivity index (χ0v) is 11.3. The molecule has 0 fully saturated rings. The van der Waals surface area contributed by atoms with Crippen molar-refractivity contribution in [3.05, 3.63) is 44.8 Å². The van der Waals surface area contributed by atoms with Gasteiger partial charge < -0.3 is 4.74 Å². The zero-order chi connectivity index (χ0) is 10.7. The molecule has 0 unspecified atom stereocenters. The molecule has 5 heteroatoms. The third-order valence-electron chi connectivity index (χ3n) is 1.62. The van der Waals surface area contributed by atoms with Crippen molar-refractivity contribution >= 4 is 38.5 Å². The van der Waals surface area contributed by atoms with Crippen molar-refractivity contribution in [3.63, 3.8) is 0 Å². The number of aromatic nitrogens is 2. The van der Waals surface area contributed by atoms with Crippen LogP contribution in [0.2, 0.25) is 0 Å². The van der Waals surface area contributed by atoms with E-state index in [1.807, 2.05) is 24.3 Å². The Hall–Kier alpha value is -0.690. The van der Waals surface area contributed by atoms with Crippen molar-refractivity contribution in [1.29, 1.82) is 0 Å². The van der Waals surface area contributed by atoms with Crippen molar-refractivity contribution in [3.8, 4) is 11.6 Å². The van der Waals surface area contributed by atoms with E-state index in [9.17, 15) is 0 Å². The van der Waals surface area contributed by atoms with Crippen LogP contribution in [0.25, 0.3) is 0 Å². The van der Waals surface area contributed by atoms with E-state index in [4.69, 9.17) is 4.74 Å². The lowest BCUT2D eigenvalue weighted by molar-refractivity contribution is 0.459. The van der Waals surface area contributed by atoms with Crippen LogP contribution in [0.4, 0.5) is 0 Å². The summed E-state index contributed by atoms with van der Waals surface area (Å²) in [5, 5.41) is 0. The first-order valence-corrected chi connectivity index (χ1v) is 6.02. The van der Waals surface area contributed by atoms with Crippen molar-refractivity contribution in [2.75, 3.05) is 0 Å². The van der Waals surface area contributed by atoms with Gasteiger partial charge in [-0.2, -0.15) is 0 Å². The fraction of sp³-hybridized carbons (Fsp3) is 0. The predicted octanol–water partition coefficient (Wildman–Crippen LogP) is 3.64. The van der Waals surface area contributed by atoms with E-state index < -0.39 is 0 Å². The van der Waals surface area contributed by atoms with Crippen molar-refractivity contribution in [2.24, 2.45) is 0 Å². The van der Waals surface area contributed by atoms with Crippen LogP contribution in [0.1, 0.15) is 0 Å². The molecule has 2 aromatic rings. The monoisotopic (exact) mass is 376 g/mol. The molecule has 0 bridgehead atoms. The van der Waals surface area contributed by atoms with Crippen LogP contribution in [0.3, 0.4) is 0 Å². The third-order valence-corrected chi connectivity index (χ3v) is 2.70. The molecule has 0 aliphatic carbocycles. The molecule has 0 N–H and O–H groups in total. The first kappa shape index (κ1) is 10.8. The lowest BCUT2D eigenvalue weighted by Crippen LogP contribution is -1.89. The average molecular weight is 377 g/mol. The molecule has 3 nitrogen and oxygen atoms in total. The Kier molecular flexibility index (Phi) is 3.53. The van der Waals surface area contributed by atoms with Crippen LogP contribution in [-0.4, -0.2) is 9.97 Å². The molecule has 0 amide bonds. The standard InChI is InChI=1S/C10H6BrIN2O/c11-9-5-14-10(6-13-9)15-8-3-1-2-7(12)4-8/h1-6H. The number of rotatable bonds is 2. The van der Waals surface area contributed by atoms with Crippen molar-refractivity contribution in [1.82, 2.24) is 9.97 Å². The smallest absolute Gasteiger partial charge is 0.237 e. The van der Waals surface area contributed by atoms with E-state index in [0.29, 0.717) is 10.5 Å². The van der Waals surface area contributed by atoms with E-state index in [1.54, 1.807) is 12.4 Å². The molecule has 1 aromatic carbocycles. The minimum atomic E-state index is 0.486. The normalized spacial score (nSPS) is 10.0. The summed E-state index contributed by atoms with van der Waals surface area (Å²) in [7, 11) is 0. The zero-order valence-electron chi connectivity index (χ0n) is 7.52. The highest BCUT2D eigenvalue weighted by Crippen LogP contribution is 2.20. The highest BCUT2D eigenvalue weighted by molar-refractivity contribution is 14.1. The van der Waals surface area contributed by atoms with Crippen molar-refractivity contribution < 1.29 is 4.74 Å². The number of ether oxygens (including phenoxy) is 1. The Morgan fingerprint density at radius 3 is 2.73 bits per heavy atom. The summed E-state index contributed by atoms with van der Waals surface area (Å²) in [5.74, 6) is 1.25. The van der Waals surface area contributed by atoms with Crippen LogP contribution < -0.4 is 4.74 Å². The number of hydrogen-bond donors (Lipinski definition) is 0. The van der Waals surface area contributed by atoms with E-state index in [1.165, 1.54) is 0 Å². The van der Waals surface area contributed by atoms with Gasteiger partial charge in [0.25, 0.3) is 0 Å². The van der Waals surface area contributed by atoms with Crippen LogP contribution in [-0.2, 0) is 0 Å². The summed E-state index contributed by atoms with van der Waals surface area (Å²) in [5.41, 5.74) is 0. The second-order valence-corrected chi connectivity index (χ2v) is 4.79. The van der Waals surface area contributed by atoms with Crippen molar-refractivity contribution in [2.45, 2.75) is 0 Å². The number of nitrogens with zero attached hydrogens (tertiary/aromatic N) is 2. The van der Waals surface area contributed by atoms with E-state index in [2.05, 4.69) is 48.5 Å². The van der Waals surface area contributed by atoms with E-state index in [-0.39, 0.29) is 0 Å². The highest BCUT2D eigenvalue weighted by Gasteiger charge is 1.99. The Morgan fingerprint density at radius 1 is 1.20 bits per heavy atom. The van der Waals surface area contributed by atoms with Gasteiger partial charge in [-0.15, -0.1) is 0 Å². The summed E-state index contributed by atoms with van der Waals surface area (Å²) in [6, 6.07) is 7.75. The van der Waals surface area contributed by atoms with Crippen LogP contribution in [0.5, 0.6) is 11.6 Å². The summed E-state index contributed by atoms with van der Waals surface area (Å²) in [4.78, 5) is 8.09. The highest BCUT2D eigenvalue weighted by atomic mass is 127. The average Bonchev–Trinajstić information content (AvgIpc) is 2.22. The Bertz CT molecular complexity index is 461. The molecule has 0 saturated carbocycles. The molecule has 1 heterocycles. The molecule has 1 aromatic heterocycles. The van der Waals surface area contributed by atoms with Crippen LogP contribution in [0.15, 0.2) is 41.3 Å². The molecule has 0 spiro atoms. The van der Waals surface area contributed by atoms with Gasteiger partial charge >= 0.3 is 0 Å². The number of benzene rings is 1. The Morgan fingerprint density at radius 2 is 2.07 bits per heavy atom. The lowest BCUT2D eigenvalue weighted by Gasteiger charge is -2.03.